The van der Waals surface area contributed by atoms with E-state index in [1.165, 1.54) is 12.3 Å². The van der Waals surface area contributed by atoms with Crippen molar-refractivity contribution in [2.75, 3.05) is 19.0 Å². The maximum atomic E-state index is 12.2. The van der Waals surface area contributed by atoms with Crippen LogP contribution in [0, 0.1) is 0 Å². The molecule has 114 valence electrons. The third kappa shape index (κ3) is 3.77. The predicted molar refractivity (Wildman–Crippen MR) is 75.8 cm³/mol. The number of anilines is 1. The van der Waals surface area contributed by atoms with Crippen molar-refractivity contribution >= 4 is 17.5 Å². The molecule has 0 radical (unpaired) electrons. The first-order valence-electron chi connectivity index (χ1n) is 6.67. The highest BCUT2D eigenvalue weighted by atomic mass is 16.6. The van der Waals surface area contributed by atoms with Gasteiger partial charge in [-0.05, 0) is 31.9 Å². The van der Waals surface area contributed by atoms with Gasteiger partial charge in [-0.15, -0.1) is 0 Å². The van der Waals surface area contributed by atoms with Gasteiger partial charge in [0.05, 0.1) is 12.2 Å². The van der Waals surface area contributed by atoms with Gasteiger partial charge in [0.2, 0.25) is 0 Å². The van der Waals surface area contributed by atoms with Gasteiger partial charge in [0, 0.05) is 19.0 Å². The molecule has 0 spiro atoms. The average Bonchev–Trinajstić information content (AvgIpc) is 2.82. The number of methoxy groups -OCH3 is 1. The summed E-state index contributed by atoms with van der Waals surface area (Å²) in [5.74, 6) is -0.896. The van der Waals surface area contributed by atoms with Crippen LogP contribution in [0.25, 0.3) is 0 Å². The number of hydrogen-bond acceptors (Lipinski definition) is 5. The van der Waals surface area contributed by atoms with Gasteiger partial charge in [0.15, 0.2) is 0 Å². The number of aromatic nitrogens is 1. The summed E-state index contributed by atoms with van der Waals surface area (Å²) >= 11 is 0. The Morgan fingerprint density at radius 1 is 1.62 bits per heavy atom. The van der Waals surface area contributed by atoms with Crippen molar-refractivity contribution in [2.45, 2.75) is 31.5 Å². The number of carbonyl (C=O) groups is 2. The minimum absolute atomic E-state index is 0.101. The van der Waals surface area contributed by atoms with Gasteiger partial charge in [-0.1, -0.05) is 0 Å². The summed E-state index contributed by atoms with van der Waals surface area (Å²) in [6.07, 6.45) is 2.26. The number of rotatable bonds is 5. The lowest BCUT2D eigenvalue weighted by Crippen LogP contribution is -2.34. The summed E-state index contributed by atoms with van der Waals surface area (Å²) < 4.78 is 10.9. The fourth-order valence-electron chi connectivity index (χ4n) is 2.36. The van der Waals surface area contributed by atoms with Gasteiger partial charge in [-0.25, -0.2) is 0 Å². The number of hydrogen-bond donors (Lipinski definition) is 2. The average molecular weight is 293 g/mol. The zero-order valence-electron chi connectivity index (χ0n) is 12.1. The molecule has 1 aromatic rings. The molecule has 1 fully saturated rings. The van der Waals surface area contributed by atoms with Gasteiger partial charge in [0.25, 0.3) is 11.8 Å². The van der Waals surface area contributed by atoms with Gasteiger partial charge in [0.1, 0.15) is 11.8 Å². The Morgan fingerprint density at radius 3 is 3.05 bits per heavy atom. The van der Waals surface area contributed by atoms with Crippen LogP contribution in [-0.4, -0.2) is 42.2 Å². The van der Waals surface area contributed by atoms with Crippen LogP contribution in [0.3, 0.4) is 0 Å². The second kappa shape index (κ2) is 6.19. The van der Waals surface area contributed by atoms with Crippen molar-refractivity contribution in [3.63, 3.8) is 0 Å². The monoisotopic (exact) mass is 293 g/mol. The molecule has 0 aliphatic carbocycles. The zero-order valence-corrected chi connectivity index (χ0v) is 12.1. The summed E-state index contributed by atoms with van der Waals surface area (Å²) in [6, 6.07) is 3.02. The second-order valence-electron chi connectivity index (χ2n) is 5.31. The highest BCUT2D eigenvalue weighted by molar-refractivity contribution is 5.96. The summed E-state index contributed by atoms with van der Waals surface area (Å²) in [5.41, 5.74) is 5.28. The number of carbonyl (C=O) groups excluding carboxylic acids is 2. The first kappa shape index (κ1) is 15.4. The number of nitrogens with zero attached hydrogens (tertiary/aromatic N) is 1. The molecule has 0 bridgehead atoms. The van der Waals surface area contributed by atoms with Crippen molar-refractivity contribution in [3.05, 3.63) is 24.0 Å². The van der Waals surface area contributed by atoms with E-state index in [0.29, 0.717) is 18.7 Å². The number of nitrogens with two attached hydrogens (primary N) is 1. The molecule has 2 atom stereocenters. The maximum Gasteiger partial charge on any atom is 0.267 e. The normalized spacial score (nSPS) is 24.8. The van der Waals surface area contributed by atoms with E-state index in [4.69, 9.17) is 15.2 Å². The molecule has 7 nitrogen and oxygen atoms in total. The molecule has 1 aromatic heterocycles. The van der Waals surface area contributed by atoms with Gasteiger partial charge in [-0.2, -0.15) is 0 Å². The fraction of sp³-hybridized carbons (Fsp3) is 0.500. The SMILES string of the molecule is COCC1(C)CCC(C(=O)Nc2ccnc(C(N)=O)c2)O1. The van der Waals surface area contributed by atoms with Crippen LogP contribution in [0.15, 0.2) is 18.3 Å². The van der Waals surface area contributed by atoms with E-state index >= 15 is 0 Å². The molecular formula is C14H19N3O4. The highest BCUT2D eigenvalue weighted by Gasteiger charge is 2.39. The summed E-state index contributed by atoms with van der Waals surface area (Å²) in [5, 5.41) is 2.71. The first-order chi connectivity index (χ1) is 9.93. The molecule has 2 rings (SSSR count). The Morgan fingerprint density at radius 2 is 2.38 bits per heavy atom. The van der Waals surface area contributed by atoms with E-state index in [-0.39, 0.29) is 11.6 Å². The van der Waals surface area contributed by atoms with E-state index in [9.17, 15) is 9.59 Å². The van der Waals surface area contributed by atoms with Crippen LogP contribution in [0.5, 0.6) is 0 Å². The Hall–Kier alpha value is -1.99. The lowest BCUT2D eigenvalue weighted by atomic mass is 10.0. The third-order valence-electron chi connectivity index (χ3n) is 3.38. The molecule has 0 saturated carbocycles. The van der Waals surface area contributed by atoms with Crippen molar-refractivity contribution in [3.8, 4) is 0 Å². The van der Waals surface area contributed by atoms with Gasteiger partial charge < -0.3 is 20.5 Å². The first-order valence-corrected chi connectivity index (χ1v) is 6.67. The molecule has 2 heterocycles. The molecule has 0 aromatic carbocycles. The highest BCUT2D eigenvalue weighted by Crippen LogP contribution is 2.30. The third-order valence-corrected chi connectivity index (χ3v) is 3.38. The molecule has 1 aliphatic rings. The molecular weight excluding hydrogens is 274 g/mol. The minimum Gasteiger partial charge on any atom is -0.382 e. The largest absolute Gasteiger partial charge is 0.382 e. The topological polar surface area (TPSA) is 104 Å². The lowest BCUT2D eigenvalue weighted by molar-refractivity contribution is -0.134. The number of primary amides is 1. The van der Waals surface area contributed by atoms with E-state index in [1.54, 1.807) is 13.2 Å². The van der Waals surface area contributed by atoms with E-state index in [1.807, 2.05) is 6.92 Å². The molecule has 1 aliphatic heterocycles. The van der Waals surface area contributed by atoms with Crippen molar-refractivity contribution in [1.82, 2.24) is 4.98 Å². The predicted octanol–water partition coefficient (Wildman–Crippen LogP) is 0.703. The van der Waals surface area contributed by atoms with Crippen LogP contribution >= 0.6 is 0 Å². The molecule has 21 heavy (non-hydrogen) atoms. The fourth-order valence-corrected chi connectivity index (χ4v) is 2.36. The van der Waals surface area contributed by atoms with Crippen LogP contribution in [-0.2, 0) is 14.3 Å². The summed E-state index contributed by atoms with van der Waals surface area (Å²) in [7, 11) is 1.60. The molecule has 2 amide bonds. The zero-order chi connectivity index (χ0) is 15.5. The maximum absolute atomic E-state index is 12.2. The Balaban J connectivity index is 1.99. The van der Waals surface area contributed by atoms with Crippen LogP contribution in [0.1, 0.15) is 30.3 Å². The minimum atomic E-state index is -0.643. The van der Waals surface area contributed by atoms with E-state index in [0.717, 1.165) is 6.42 Å². The van der Waals surface area contributed by atoms with Crippen molar-refractivity contribution in [1.29, 1.82) is 0 Å². The Kier molecular flexibility index (Phi) is 4.54. The van der Waals surface area contributed by atoms with E-state index in [2.05, 4.69) is 10.3 Å². The van der Waals surface area contributed by atoms with Crippen LogP contribution in [0.2, 0.25) is 0 Å². The number of ether oxygens (including phenoxy) is 2. The summed E-state index contributed by atoms with van der Waals surface area (Å²) in [4.78, 5) is 27.1. The lowest BCUT2D eigenvalue weighted by Gasteiger charge is -2.23. The summed E-state index contributed by atoms with van der Waals surface area (Å²) in [6.45, 7) is 2.36. The Bertz CT molecular complexity index is 549. The molecule has 3 N–H and O–H groups in total. The quantitative estimate of drug-likeness (QED) is 0.831. The molecule has 7 heteroatoms. The van der Waals surface area contributed by atoms with Crippen molar-refractivity contribution in [2.24, 2.45) is 5.73 Å². The van der Waals surface area contributed by atoms with E-state index < -0.39 is 17.6 Å². The number of pyridine rings is 1. The number of nitrogens with one attached hydrogen (secondary N) is 1. The molecule has 1 saturated heterocycles. The van der Waals surface area contributed by atoms with Gasteiger partial charge >= 0.3 is 0 Å². The molecule has 2 unspecified atom stereocenters. The van der Waals surface area contributed by atoms with Crippen LogP contribution in [0.4, 0.5) is 5.69 Å². The Labute approximate surface area is 122 Å². The van der Waals surface area contributed by atoms with Crippen LogP contribution < -0.4 is 11.1 Å². The van der Waals surface area contributed by atoms with Gasteiger partial charge in [-0.3, -0.25) is 14.6 Å². The van der Waals surface area contributed by atoms with Crippen molar-refractivity contribution < 1.29 is 19.1 Å². The second-order valence-corrected chi connectivity index (χ2v) is 5.31. The standard InChI is InChI=1S/C14H19N3O4/c1-14(8-20-2)5-3-11(21-14)13(19)17-9-4-6-16-10(7-9)12(15)18/h4,6-7,11H,3,5,8H2,1-2H3,(H2,15,18)(H,16,17,19). The smallest absolute Gasteiger partial charge is 0.267 e. The number of amides is 2.